The lowest BCUT2D eigenvalue weighted by Gasteiger charge is -1.98. The maximum Gasteiger partial charge on any atom is 0.337 e. The van der Waals surface area contributed by atoms with Crippen LogP contribution in [0.1, 0.15) is 10.4 Å². The summed E-state index contributed by atoms with van der Waals surface area (Å²) in [5.74, 6) is -1.22. The van der Waals surface area contributed by atoms with Crippen LogP contribution in [0.5, 0.6) is 0 Å². The summed E-state index contributed by atoms with van der Waals surface area (Å²) in [6, 6.07) is 2.51. The lowest BCUT2D eigenvalue weighted by molar-refractivity contribution is 0.0600. The summed E-state index contributed by atoms with van der Waals surface area (Å²) in [6.45, 7) is 0. The van der Waals surface area contributed by atoms with E-state index in [-0.39, 0.29) is 11.1 Å². The van der Waals surface area contributed by atoms with Crippen LogP contribution in [-0.2, 0) is 4.74 Å². The average molecular weight is 195 g/mol. The standard InChI is InChI=1S/C9H6FNO3/c1-13-9(12)5-2-6-4-11-14-8(6)7(10)3-5/h2-4H,1H3. The normalized spacial score (nSPS) is 10.4. The highest BCUT2D eigenvalue weighted by atomic mass is 19.1. The minimum Gasteiger partial charge on any atom is -0.465 e. The minimum absolute atomic E-state index is 0.0395. The van der Waals surface area contributed by atoms with Crippen LogP contribution in [0.3, 0.4) is 0 Å². The Hall–Kier alpha value is -1.91. The number of carbonyl (C=O) groups is 1. The number of nitrogens with zero attached hydrogens (tertiary/aromatic N) is 1. The highest BCUT2D eigenvalue weighted by Crippen LogP contribution is 2.19. The molecule has 5 heteroatoms. The zero-order chi connectivity index (χ0) is 10.1. The summed E-state index contributed by atoms with van der Waals surface area (Å²) in [5, 5.41) is 3.86. The lowest BCUT2D eigenvalue weighted by Crippen LogP contribution is -2.01. The Morgan fingerprint density at radius 1 is 1.57 bits per heavy atom. The Labute approximate surface area is 78.2 Å². The molecule has 0 unspecified atom stereocenters. The number of esters is 1. The fraction of sp³-hybridized carbons (Fsp3) is 0.111. The van der Waals surface area contributed by atoms with Gasteiger partial charge in [-0.15, -0.1) is 0 Å². The van der Waals surface area contributed by atoms with Gasteiger partial charge in [-0.1, -0.05) is 5.16 Å². The molecule has 2 rings (SSSR count). The molecule has 14 heavy (non-hydrogen) atoms. The van der Waals surface area contributed by atoms with Crippen LogP contribution in [0.25, 0.3) is 11.0 Å². The second-order valence-electron chi connectivity index (χ2n) is 2.69. The summed E-state index contributed by atoms with van der Waals surface area (Å²) in [7, 11) is 1.23. The first kappa shape index (κ1) is 8.68. The molecule has 0 bridgehead atoms. The molecule has 1 aromatic carbocycles. The molecule has 4 nitrogen and oxygen atoms in total. The molecular formula is C9H6FNO3. The van der Waals surface area contributed by atoms with E-state index in [2.05, 4.69) is 14.4 Å². The topological polar surface area (TPSA) is 52.3 Å². The van der Waals surface area contributed by atoms with Gasteiger partial charge in [-0.05, 0) is 12.1 Å². The van der Waals surface area contributed by atoms with Gasteiger partial charge >= 0.3 is 5.97 Å². The van der Waals surface area contributed by atoms with Crippen LogP contribution in [0, 0.1) is 5.82 Å². The van der Waals surface area contributed by atoms with Gasteiger partial charge in [-0.3, -0.25) is 0 Å². The van der Waals surface area contributed by atoms with Crippen LogP contribution in [0.2, 0.25) is 0 Å². The number of carbonyl (C=O) groups excluding carboxylic acids is 1. The predicted molar refractivity (Wildman–Crippen MR) is 45.3 cm³/mol. The second-order valence-corrected chi connectivity index (χ2v) is 2.69. The van der Waals surface area contributed by atoms with Crippen molar-refractivity contribution in [1.29, 1.82) is 0 Å². The van der Waals surface area contributed by atoms with Crippen molar-refractivity contribution < 1.29 is 18.4 Å². The maximum absolute atomic E-state index is 13.2. The van der Waals surface area contributed by atoms with Crippen molar-refractivity contribution >= 4 is 16.9 Å². The van der Waals surface area contributed by atoms with E-state index in [1.807, 2.05) is 0 Å². The third kappa shape index (κ3) is 1.22. The van der Waals surface area contributed by atoms with Gasteiger partial charge in [0.25, 0.3) is 0 Å². The zero-order valence-electron chi connectivity index (χ0n) is 7.28. The summed E-state index contributed by atoms with van der Waals surface area (Å²) in [4.78, 5) is 11.1. The van der Waals surface area contributed by atoms with E-state index in [0.29, 0.717) is 5.39 Å². The Morgan fingerprint density at radius 2 is 2.36 bits per heavy atom. The third-order valence-electron chi connectivity index (χ3n) is 1.83. The van der Waals surface area contributed by atoms with Gasteiger partial charge in [0.15, 0.2) is 5.82 Å². The monoisotopic (exact) mass is 195 g/mol. The van der Waals surface area contributed by atoms with E-state index in [9.17, 15) is 9.18 Å². The predicted octanol–water partition coefficient (Wildman–Crippen LogP) is 1.75. The van der Waals surface area contributed by atoms with Crippen molar-refractivity contribution in [2.24, 2.45) is 0 Å². The molecule has 0 radical (unpaired) electrons. The van der Waals surface area contributed by atoms with Crippen LogP contribution in [-0.4, -0.2) is 18.2 Å². The summed E-state index contributed by atoms with van der Waals surface area (Å²) < 4.78 is 22.3. The molecule has 0 atom stereocenters. The number of hydrogen-bond acceptors (Lipinski definition) is 4. The van der Waals surface area contributed by atoms with Crippen molar-refractivity contribution in [1.82, 2.24) is 5.16 Å². The molecule has 0 aliphatic heterocycles. The number of ether oxygens (including phenoxy) is 1. The van der Waals surface area contributed by atoms with E-state index < -0.39 is 11.8 Å². The maximum atomic E-state index is 13.2. The first-order valence-corrected chi connectivity index (χ1v) is 3.84. The molecule has 1 aromatic heterocycles. The Kier molecular flexibility index (Phi) is 1.92. The van der Waals surface area contributed by atoms with Crippen molar-refractivity contribution in [3.63, 3.8) is 0 Å². The van der Waals surface area contributed by atoms with E-state index in [1.165, 1.54) is 19.4 Å². The Morgan fingerprint density at radius 3 is 3.07 bits per heavy atom. The molecule has 72 valence electrons. The number of halogens is 1. The quantitative estimate of drug-likeness (QED) is 0.650. The first-order chi connectivity index (χ1) is 6.72. The van der Waals surface area contributed by atoms with Gasteiger partial charge in [-0.25, -0.2) is 9.18 Å². The molecule has 2 aromatic rings. The molecule has 0 spiro atoms. The highest BCUT2D eigenvalue weighted by Gasteiger charge is 2.12. The van der Waals surface area contributed by atoms with Crippen molar-refractivity contribution in [3.05, 3.63) is 29.7 Å². The molecule has 0 aliphatic rings. The zero-order valence-corrected chi connectivity index (χ0v) is 7.28. The number of methoxy groups -OCH3 is 1. The molecule has 0 aliphatic carbocycles. The van der Waals surface area contributed by atoms with Gasteiger partial charge in [0, 0.05) is 5.39 Å². The fourth-order valence-electron chi connectivity index (χ4n) is 1.18. The van der Waals surface area contributed by atoms with Gasteiger partial charge < -0.3 is 9.26 Å². The van der Waals surface area contributed by atoms with Gasteiger partial charge in [0.2, 0.25) is 5.58 Å². The van der Waals surface area contributed by atoms with Crippen molar-refractivity contribution in [2.45, 2.75) is 0 Å². The van der Waals surface area contributed by atoms with Gasteiger partial charge in [0.1, 0.15) is 0 Å². The molecule has 0 N–H and O–H groups in total. The summed E-state index contributed by atoms with van der Waals surface area (Å²) >= 11 is 0. The molecule has 0 amide bonds. The van der Waals surface area contributed by atoms with E-state index in [1.54, 1.807) is 0 Å². The van der Waals surface area contributed by atoms with Gasteiger partial charge in [0.05, 0.1) is 18.9 Å². The van der Waals surface area contributed by atoms with E-state index in [0.717, 1.165) is 6.07 Å². The average Bonchev–Trinajstić information content (AvgIpc) is 2.64. The SMILES string of the molecule is COC(=O)c1cc(F)c2oncc2c1. The van der Waals surface area contributed by atoms with E-state index >= 15 is 0 Å². The fourth-order valence-corrected chi connectivity index (χ4v) is 1.18. The minimum atomic E-state index is -0.625. The second kappa shape index (κ2) is 3.10. The highest BCUT2D eigenvalue weighted by molar-refractivity contribution is 5.94. The van der Waals surface area contributed by atoms with Crippen LogP contribution >= 0.6 is 0 Å². The molecule has 0 saturated carbocycles. The Balaban J connectivity index is 2.64. The molecule has 0 saturated heterocycles. The van der Waals surface area contributed by atoms with Crippen LogP contribution < -0.4 is 0 Å². The van der Waals surface area contributed by atoms with Crippen molar-refractivity contribution in [3.8, 4) is 0 Å². The van der Waals surface area contributed by atoms with Crippen molar-refractivity contribution in [2.75, 3.05) is 7.11 Å². The Bertz CT molecular complexity index is 492. The number of rotatable bonds is 1. The number of hydrogen-bond donors (Lipinski definition) is 0. The largest absolute Gasteiger partial charge is 0.465 e. The van der Waals surface area contributed by atoms with Crippen LogP contribution in [0.4, 0.5) is 4.39 Å². The summed E-state index contributed by atoms with van der Waals surface area (Å²) in [6.07, 6.45) is 1.34. The number of aromatic nitrogens is 1. The number of benzene rings is 1. The molecule has 1 heterocycles. The first-order valence-electron chi connectivity index (χ1n) is 3.84. The smallest absolute Gasteiger partial charge is 0.337 e. The van der Waals surface area contributed by atoms with Crippen LogP contribution in [0.15, 0.2) is 22.9 Å². The number of fused-ring (bicyclic) bond motifs is 1. The van der Waals surface area contributed by atoms with E-state index in [4.69, 9.17) is 0 Å². The lowest BCUT2D eigenvalue weighted by atomic mass is 10.1. The molecular weight excluding hydrogens is 189 g/mol. The summed E-state index contributed by atoms with van der Waals surface area (Å²) in [5.41, 5.74) is 0.179. The van der Waals surface area contributed by atoms with Gasteiger partial charge in [-0.2, -0.15) is 0 Å². The molecule has 0 fully saturated rings. The third-order valence-corrected chi connectivity index (χ3v) is 1.83.